The SMILES string of the molecule is CCC(=O)/C=C(\C)CN(C)C. The van der Waals surface area contributed by atoms with Crippen molar-refractivity contribution in [2.45, 2.75) is 20.3 Å². The molecule has 0 aromatic carbocycles. The molecular formula is C9H17NO. The summed E-state index contributed by atoms with van der Waals surface area (Å²) in [5, 5.41) is 0. The highest BCUT2D eigenvalue weighted by Crippen LogP contribution is 1.95. The van der Waals surface area contributed by atoms with Crippen molar-refractivity contribution < 1.29 is 4.79 Å². The number of carbonyl (C=O) groups excluding carboxylic acids is 1. The van der Waals surface area contributed by atoms with E-state index in [9.17, 15) is 4.79 Å². The van der Waals surface area contributed by atoms with Crippen molar-refractivity contribution >= 4 is 5.78 Å². The van der Waals surface area contributed by atoms with Gasteiger partial charge in [0.05, 0.1) is 0 Å². The zero-order valence-corrected chi connectivity index (χ0v) is 7.85. The largest absolute Gasteiger partial charge is 0.305 e. The lowest BCUT2D eigenvalue weighted by molar-refractivity contribution is -0.114. The van der Waals surface area contributed by atoms with Gasteiger partial charge in [-0.05, 0) is 27.1 Å². The number of nitrogens with zero attached hydrogens (tertiary/aromatic N) is 1. The van der Waals surface area contributed by atoms with Crippen LogP contribution in [-0.2, 0) is 4.79 Å². The Labute approximate surface area is 68.9 Å². The van der Waals surface area contributed by atoms with Crippen LogP contribution in [0.1, 0.15) is 20.3 Å². The molecule has 2 heteroatoms. The molecule has 11 heavy (non-hydrogen) atoms. The minimum absolute atomic E-state index is 0.212. The molecule has 0 heterocycles. The normalized spacial score (nSPS) is 12.3. The second-order valence-electron chi connectivity index (χ2n) is 3.05. The van der Waals surface area contributed by atoms with Gasteiger partial charge in [0.2, 0.25) is 0 Å². The summed E-state index contributed by atoms with van der Waals surface area (Å²) < 4.78 is 0. The Morgan fingerprint density at radius 2 is 2.00 bits per heavy atom. The van der Waals surface area contributed by atoms with E-state index in [4.69, 9.17) is 0 Å². The predicted octanol–water partition coefficient (Wildman–Crippen LogP) is 1.47. The Kier molecular flexibility index (Phi) is 4.79. The molecule has 0 rings (SSSR count). The van der Waals surface area contributed by atoms with Gasteiger partial charge in [-0.2, -0.15) is 0 Å². The van der Waals surface area contributed by atoms with E-state index in [1.54, 1.807) is 6.08 Å². The van der Waals surface area contributed by atoms with Crippen molar-refractivity contribution in [1.82, 2.24) is 4.90 Å². The van der Waals surface area contributed by atoms with Gasteiger partial charge in [0, 0.05) is 13.0 Å². The second kappa shape index (κ2) is 5.08. The quantitative estimate of drug-likeness (QED) is 0.573. The van der Waals surface area contributed by atoms with E-state index in [0.717, 1.165) is 12.1 Å². The van der Waals surface area contributed by atoms with Crippen LogP contribution in [0.15, 0.2) is 11.6 Å². The number of ketones is 1. The highest BCUT2D eigenvalue weighted by Gasteiger charge is 1.95. The average Bonchev–Trinajstić information content (AvgIpc) is 1.85. The summed E-state index contributed by atoms with van der Waals surface area (Å²) in [5.74, 6) is 0.212. The summed E-state index contributed by atoms with van der Waals surface area (Å²) in [6.45, 7) is 4.72. The fourth-order valence-corrected chi connectivity index (χ4v) is 0.921. The molecule has 0 saturated carbocycles. The molecule has 0 spiro atoms. The Balaban J connectivity index is 3.90. The fourth-order valence-electron chi connectivity index (χ4n) is 0.921. The molecule has 0 aliphatic heterocycles. The maximum Gasteiger partial charge on any atom is 0.155 e. The average molecular weight is 155 g/mol. The van der Waals surface area contributed by atoms with Gasteiger partial charge in [0.1, 0.15) is 0 Å². The van der Waals surface area contributed by atoms with Crippen molar-refractivity contribution in [3.8, 4) is 0 Å². The molecule has 0 aliphatic carbocycles. The Bertz CT molecular complexity index is 159. The highest BCUT2D eigenvalue weighted by atomic mass is 16.1. The van der Waals surface area contributed by atoms with Crippen LogP contribution in [0, 0.1) is 0 Å². The van der Waals surface area contributed by atoms with Gasteiger partial charge in [0.25, 0.3) is 0 Å². The lowest BCUT2D eigenvalue weighted by Crippen LogP contribution is -2.14. The maximum absolute atomic E-state index is 10.9. The number of allylic oxidation sites excluding steroid dienone is 1. The first kappa shape index (κ1) is 10.4. The van der Waals surface area contributed by atoms with Crippen molar-refractivity contribution in [3.63, 3.8) is 0 Å². The number of carbonyl (C=O) groups is 1. The summed E-state index contributed by atoms with van der Waals surface area (Å²) in [7, 11) is 3.99. The number of rotatable bonds is 4. The fraction of sp³-hybridized carbons (Fsp3) is 0.667. The van der Waals surface area contributed by atoms with Crippen LogP contribution >= 0.6 is 0 Å². The molecule has 2 nitrogen and oxygen atoms in total. The van der Waals surface area contributed by atoms with Crippen LogP contribution in [0.25, 0.3) is 0 Å². The van der Waals surface area contributed by atoms with Gasteiger partial charge < -0.3 is 4.90 Å². The van der Waals surface area contributed by atoms with E-state index in [2.05, 4.69) is 4.90 Å². The topological polar surface area (TPSA) is 20.3 Å². The number of hydrogen-bond acceptors (Lipinski definition) is 2. The molecule has 0 atom stereocenters. The third-order valence-corrected chi connectivity index (χ3v) is 1.32. The van der Waals surface area contributed by atoms with Crippen molar-refractivity contribution in [3.05, 3.63) is 11.6 Å². The van der Waals surface area contributed by atoms with E-state index < -0.39 is 0 Å². The molecule has 0 fully saturated rings. The van der Waals surface area contributed by atoms with Crippen molar-refractivity contribution in [2.24, 2.45) is 0 Å². The predicted molar refractivity (Wildman–Crippen MR) is 47.6 cm³/mol. The lowest BCUT2D eigenvalue weighted by atomic mass is 10.2. The molecule has 0 aromatic rings. The van der Waals surface area contributed by atoms with E-state index in [-0.39, 0.29) is 5.78 Å². The zero-order chi connectivity index (χ0) is 8.85. The van der Waals surface area contributed by atoms with Crippen LogP contribution in [0.2, 0.25) is 0 Å². The third kappa shape index (κ3) is 5.80. The van der Waals surface area contributed by atoms with E-state index in [1.165, 1.54) is 0 Å². The van der Waals surface area contributed by atoms with E-state index in [0.29, 0.717) is 6.42 Å². The molecule has 0 bridgehead atoms. The standard InChI is InChI=1S/C9H17NO/c1-5-9(11)6-8(2)7-10(3)4/h6H,5,7H2,1-4H3/b8-6+. The first-order valence-corrected chi connectivity index (χ1v) is 3.91. The van der Waals surface area contributed by atoms with Crippen molar-refractivity contribution in [1.29, 1.82) is 0 Å². The molecule has 0 aromatic heterocycles. The maximum atomic E-state index is 10.9. The first-order valence-electron chi connectivity index (χ1n) is 3.91. The molecule has 0 radical (unpaired) electrons. The molecular weight excluding hydrogens is 138 g/mol. The first-order chi connectivity index (χ1) is 5.06. The highest BCUT2D eigenvalue weighted by molar-refractivity contribution is 5.89. The molecule has 0 saturated heterocycles. The second-order valence-corrected chi connectivity index (χ2v) is 3.05. The van der Waals surface area contributed by atoms with E-state index in [1.807, 2.05) is 27.9 Å². The lowest BCUT2D eigenvalue weighted by Gasteiger charge is -2.08. The number of likely N-dealkylation sites (N-methyl/N-ethyl adjacent to an activating group) is 1. The summed E-state index contributed by atoms with van der Waals surface area (Å²) in [4.78, 5) is 13.0. The zero-order valence-electron chi connectivity index (χ0n) is 7.85. The van der Waals surface area contributed by atoms with Gasteiger partial charge >= 0.3 is 0 Å². The Morgan fingerprint density at radius 3 is 2.36 bits per heavy atom. The number of hydrogen-bond donors (Lipinski definition) is 0. The smallest absolute Gasteiger partial charge is 0.155 e. The van der Waals surface area contributed by atoms with Gasteiger partial charge in [0.15, 0.2) is 5.78 Å². The van der Waals surface area contributed by atoms with Crippen LogP contribution in [-0.4, -0.2) is 31.3 Å². The Hall–Kier alpha value is -0.630. The Morgan fingerprint density at radius 1 is 1.45 bits per heavy atom. The molecule has 0 amide bonds. The van der Waals surface area contributed by atoms with Crippen molar-refractivity contribution in [2.75, 3.05) is 20.6 Å². The van der Waals surface area contributed by atoms with Gasteiger partial charge in [-0.15, -0.1) is 0 Å². The minimum atomic E-state index is 0.212. The van der Waals surface area contributed by atoms with Crippen LogP contribution in [0.5, 0.6) is 0 Å². The third-order valence-electron chi connectivity index (χ3n) is 1.32. The monoisotopic (exact) mass is 155 g/mol. The van der Waals surface area contributed by atoms with Gasteiger partial charge in [-0.25, -0.2) is 0 Å². The van der Waals surface area contributed by atoms with Crippen LogP contribution in [0.4, 0.5) is 0 Å². The summed E-state index contributed by atoms with van der Waals surface area (Å²) in [6, 6.07) is 0. The van der Waals surface area contributed by atoms with E-state index >= 15 is 0 Å². The van der Waals surface area contributed by atoms with Crippen LogP contribution in [0.3, 0.4) is 0 Å². The van der Waals surface area contributed by atoms with Gasteiger partial charge in [-0.1, -0.05) is 12.5 Å². The minimum Gasteiger partial charge on any atom is -0.305 e. The van der Waals surface area contributed by atoms with Gasteiger partial charge in [-0.3, -0.25) is 4.79 Å². The molecule has 0 unspecified atom stereocenters. The molecule has 64 valence electrons. The summed E-state index contributed by atoms with van der Waals surface area (Å²) in [5.41, 5.74) is 1.13. The summed E-state index contributed by atoms with van der Waals surface area (Å²) in [6.07, 6.45) is 2.32. The van der Waals surface area contributed by atoms with Crippen LogP contribution < -0.4 is 0 Å². The molecule has 0 N–H and O–H groups in total. The molecule has 0 aliphatic rings. The summed E-state index contributed by atoms with van der Waals surface area (Å²) >= 11 is 0.